The SMILES string of the molecule is CCN(CCCCN1CCN(c2cccc3sccc23)CC1)C(=O)CS.Cl. The van der Waals surface area contributed by atoms with Crippen LogP contribution in [0.2, 0.25) is 0 Å². The molecular weight excluding hydrogens is 398 g/mol. The molecule has 4 nitrogen and oxygen atoms in total. The maximum Gasteiger partial charge on any atom is 0.232 e. The zero-order valence-corrected chi connectivity index (χ0v) is 18.5. The van der Waals surface area contributed by atoms with Crippen molar-refractivity contribution in [2.45, 2.75) is 19.8 Å². The van der Waals surface area contributed by atoms with Crippen molar-refractivity contribution in [3.05, 3.63) is 29.6 Å². The van der Waals surface area contributed by atoms with Gasteiger partial charge in [0.05, 0.1) is 5.75 Å². The van der Waals surface area contributed by atoms with Crippen LogP contribution in [0.15, 0.2) is 29.6 Å². The van der Waals surface area contributed by atoms with Crippen molar-refractivity contribution >= 4 is 58.1 Å². The van der Waals surface area contributed by atoms with Crippen molar-refractivity contribution in [1.29, 1.82) is 0 Å². The van der Waals surface area contributed by atoms with Gasteiger partial charge in [-0.15, -0.1) is 23.7 Å². The van der Waals surface area contributed by atoms with Crippen LogP contribution in [0.4, 0.5) is 5.69 Å². The van der Waals surface area contributed by atoms with Crippen molar-refractivity contribution < 1.29 is 4.79 Å². The highest BCUT2D eigenvalue weighted by atomic mass is 35.5. The Balaban J connectivity index is 0.00000261. The Morgan fingerprint density at radius 1 is 1.19 bits per heavy atom. The molecule has 150 valence electrons. The summed E-state index contributed by atoms with van der Waals surface area (Å²) in [5.74, 6) is 0.458. The molecule has 0 N–H and O–H groups in total. The summed E-state index contributed by atoms with van der Waals surface area (Å²) in [6.45, 7) is 9.23. The summed E-state index contributed by atoms with van der Waals surface area (Å²) < 4.78 is 1.38. The van der Waals surface area contributed by atoms with Gasteiger partial charge in [-0.05, 0) is 49.9 Å². The van der Waals surface area contributed by atoms with Crippen LogP contribution in [0.5, 0.6) is 0 Å². The van der Waals surface area contributed by atoms with Gasteiger partial charge in [-0.2, -0.15) is 12.6 Å². The van der Waals surface area contributed by atoms with E-state index in [-0.39, 0.29) is 18.3 Å². The number of piperazine rings is 1. The van der Waals surface area contributed by atoms with Gasteiger partial charge in [-0.25, -0.2) is 0 Å². The first kappa shape index (κ1) is 22.3. The fourth-order valence-electron chi connectivity index (χ4n) is 3.66. The molecule has 0 spiro atoms. The van der Waals surface area contributed by atoms with Crippen molar-refractivity contribution in [3.8, 4) is 0 Å². The van der Waals surface area contributed by atoms with Gasteiger partial charge >= 0.3 is 0 Å². The number of benzene rings is 1. The minimum Gasteiger partial charge on any atom is -0.368 e. The zero-order chi connectivity index (χ0) is 18.4. The van der Waals surface area contributed by atoms with Gasteiger partial charge in [0, 0.05) is 55.0 Å². The van der Waals surface area contributed by atoms with Crippen molar-refractivity contribution in [2.24, 2.45) is 0 Å². The average Bonchev–Trinajstić information content (AvgIpc) is 3.17. The predicted octanol–water partition coefficient (Wildman–Crippen LogP) is 4.00. The molecule has 3 rings (SSSR count). The number of amides is 1. The van der Waals surface area contributed by atoms with E-state index >= 15 is 0 Å². The van der Waals surface area contributed by atoms with E-state index in [0.29, 0.717) is 5.75 Å². The molecule has 1 fully saturated rings. The molecular formula is C20H30ClN3OS2. The molecule has 0 unspecified atom stereocenters. The van der Waals surface area contributed by atoms with Crippen LogP contribution >= 0.6 is 36.4 Å². The molecule has 1 aromatic carbocycles. The topological polar surface area (TPSA) is 26.8 Å². The number of nitrogens with zero attached hydrogens (tertiary/aromatic N) is 3. The molecule has 0 atom stereocenters. The quantitative estimate of drug-likeness (QED) is 0.509. The second-order valence-electron chi connectivity index (χ2n) is 6.78. The predicted molar refractivity (Wildman–Crippen MR) is 123 cm³/mol. The molecule has 2 heterocycles. The molecule has 7 heteroatoms. The van der Waals surface area contributed by atoms with Crippen molar-refractivity contribution in [1.82, 2.24) is 9.80 Å². The van der Waals surface area contributed by atoms with E-state index in [9.17, 15) is 4.79 Å². The molecule has 1 aliphatic heterocycles. The number of rotatable bonds is 8. The molecule has 27 heavy (non-hydrogen) atoms. The van der Waals surface area contributed by atoms with Crippen LogP contribution < -0.4 is 4.90 Å². The van der Waals surface area contributed by atoms with Crippen molar-refractivity contribution in [2.75, 3.05) is 56.5 Å². The van der Waals surface area contributed by atoms with Gasteiger partial charge in [0.15, 0.2) is 0 Å². The fourth-order valence-corrected chi connectivity index (χ4v) is 4.67. The first-order chi connectivity index (χ1) is 12.7. The van der Waals surface area contributed by atoms with Gasteiger partial charge in [0.2, 0.25) is 5.91 Å². The third kappa shape index (κ3) is 5.76. The number of halogens is 1. The van der Waals surface area contributed by atoms with E-state index in [1.807, 2.05) is 23.2 Å². The molecule has 0 aliphatic carbocycles. The number of hydrogen-bond donors (Lipinski definition) is 1. The van der Waals surface area contributed by atoms with E-state index in [0.717, 1.165) is 58.7 Å². The van der Waals surface area contributed by atoms with Gasteiger partial charge in [0.1, 0.15) is 0 Å². The Bertz CT molecular complexity index is 716. The number of thiol groups is 1. The highest BCUT2D eigenvalue weighted by Gasteiger charge is 2.18. The number of fused-ring (bicyclic) bond motifs is 1. The maximum absolute atomic E-state index is 11.7. The van der Waals surface area contributed by atoms with E-state index in [1.165, 1.54) is 15.8 Å². The summed E-state index contributed by atoms with van der Waals surface area (Å²) in [5.41, 5.74) is 1.38. The number of carbonyl (C=O) groups excluding carboxylic acids is 1. The number of unbranched alkanes of at least 4 members (excludes halogenated alkanes) is 1. The average molecular weight is 428 g/mol. The van der Waals surface area contributed by atoms with Crippen LogP contribution in [-0.4, -0.2) is 67.3 Å². The molecule has 1 amide bonds. The monoisotopic (exact) mass is 427 g/mol. The highest BCUT2D eigenvalue weighted by Crippen LogP contribution is 2.31. The molecule has 1 aliphatic rings. The minimum absolute atomic E-state index is 0. The lowest BCUT2D eigenvalue weighted by Gasteiger charge is -2.36. The summed E-state index contributed by atoms with van der Waals surface area (Å²) >= 11 is 5.91. The lowest BCUT2D eigenvalue weighted by Crippen LogP contribution is -2.46. The number of anilines is 1. The van der Waals surface area contributed by atoms with Gasteiger partial charge in [-0.1, -0.05) is 6.07 Å². The summed E-state index contributed by atoms with van der Waals surface area (Å²) in [6.07, 6.45) is 2.22. The van der Waals surface area contributed by atoms with Crippen molar-refractivity contribution in [3.63, 3.8) is 0 Å². The van der Waals surface area contributed by atoms with Crippen LogP contribution in [0.1, 0.15) is 19.8 Å². The Morgan fingerprint density at radius 2 is 1.96 bits per heavy atom. The van der Waals surface area contributed by atoms with Crippen LogP contribution in [-0.2, 0) is 4.79 Å². The smallest absolute Gasteiger partial charge is 0.232 e. The second-order valence-corrected chi connectivity index (χ2v) is 8.04. The maximum atomic E-state index is 11.7. The molecule has 2 aromatic rings. The number of hydrogen-bond acceptors (Lipinski definition) is 5. The van der Waals surface area contributed by atoms with Gasteiger partial charge in [-0.3, -0.25) is 9.69 Å². The summed E-state index contributed by atoms with van der Waals surface area (Å²) in [6, 6.07) is 8.87. The van der Waals surface area contributed by atoms with E-state index in [4.69, 9.17) is 0 Å². The Labute approximate surface area is 178 Å². The minimum atomic E-state index is 0. The third-order valence-electron chi connectivity index (χ3n) is 5.21. The van der Waals surface area contributed by atoms with E-state index < -0.39 is 0 Å². The summed E-state index contributed by atoms with van der Waals surface area (Å²) in [7, 11) is 0. The lowest BCUT2D eigenvalue weighted by atomic mass is 10.1. The highest BCUT2D eigenvalue weighted by molar-refractivity contribution is 7.81. The number of carbonyl (C=O) groups is 1. The molecule has 0 radical (unpaired) electrons. The fraction of sp³-hybridized carbons (Fsp3) is 0.550. The molecule has 0 bridgehead atoms. The molecule has 0 saturated carbocycles. The Kier molecular flexibility index (Phi) is 9.22. The standard InChI is InChI=1S/C20H29N3OS2.ClH/c1-2-22(20(24)16-25)10-4-3-9-21-11-13-23(14-12-21)18-6-5-7-19-17(18)8-15-26-19;/h5-8,15,25H,2-4,9-14,16H2,1H3;1H. The van der Waals surface area contributed by atoms with E-state index in [2.05, 4.69) is 52.1 Å². The van der Waals surface area contributed by atoms with Crippen LogP contribution in [0, 0.1) is 0 Å². The summed E-state index contributed by atoms with van der Waals surface area (Å²) in [5, 5.41) is 3.57. The third-order valence-corrected chi connectivity index (χ3v) is 6.36. The molecule has 1 aromatic heterocycles. The second kappa shape index (κ2) is 11.1. The van der Waals surface area contributed by atoms with Crippen LogP contribution in [0.3, 0.4) is 0 Å². The van der Waals surface area contributed by atoms with Crippen LogP contribution in [0.25, 0.3) is 10.1 Å². The largest absolute Gasteiger partial charge is 0.368 e. The zero-order valence-electron chi connectivity index (χ0n) is 16.0. The van der Waals surface area contributed by atoms with E-state index in [1.54, 1.807) is 0 Å². The molecule has 1 saturated heterocycles. The number of thiophene rings is 1. The first-order valence-electron chi connectivity index (χ1n) is 9.55. The normalized spacial score (nSPS) is 15.0. The summed E-state index contributed by atoms with van der Waals surface area (Å²) in [4.78, 5) is 18.7. The Hall–Kier alpha value is -0.950. The van der Waals surface area contributed by atoms with Gasteiger partial charge in [0.25, 0.3) is 0 Å². The lowest BCUT2D eigenvalue weighted by molar-refractivity contribution is -0.128. The first-order valence-corrected chi connectivity index (χ1v) is 11.1. The Morgan fingerprint density at radius 3 is 2.67 bits per heavy atom. The van der Waals surface area contributed by atoms with Gasteiger partial charge < -0.3 is 9.80 Å².